The molecule has 1 amide bonds. The van der Waals surface area contributed by atoms with Crippen LogP contribution in [0.15, 0.2) is 36.4 Å². The Balaban J connectivity index is 2.12. The van der Waals surface area contributed by atoms with Crippen LogP contribution in [0.3, 0.4) is 0 Å². The molecular weight excluding hydrogens is 306 g/mol. The molecule has 0 saturated heterocycles. The number of phenols is 1. The molecule has 6 heteroatoms. The molecule has 0 atom stereocenters. The Morgan fingerprint density at radius 3 is 2.36 bits per heavy atom. The Morgan fingerprint density at radius 1 is 1.14 bits per heavy atom. The molecule has 2 aromatic rings. The smallest absolute Gasteiger partial charge is 0.255 e. The van der Waals surface area contributed by atoms with Gasteiger partial charge in [-0.05, 0) is 35.9 Å². The molecule has 0 fully saturated rings. The van der Waals surface area contributed by atoms with Crippen LogP contribution in [0.2, 0.25) is 5.02 Å². The standard InChI is InChI=1S/C16H16ClNO4/c1-21-12-5-10(6-13(8-12)22-2)9-18-16(20)14-7-11(17)3-4-15(14)19/h3-8,19H,9H2,1-2H3,(H,18,20). The minimum absolute atomic E-state index is 0.120. The van der Waals surface area contributed by atoms with Crippen molar-refractivity contribution in [3.05, 3.63) is 52.5 Å². The van der Waals surface area contributed by atoms with Gasteiger partial charge in [-0.1, -0.05) is 11.6 Å². The molecule has 2 aromatic carbocycles. The first-order valence-electron chi connectivity index (χ1n) is 6.52. The minimum Gasteiger partial charge on any atom is -0.507 e. The second-order valence-electron chi connectivity index (χ2n) is 4.57. The predicted octanol–water partition coefficient (Wildman–Crippen LogP) is 2.99. The molecule has 0 spiro atoms. The number of aromatic hydroxyl groups is 1. The van der Waals surface area contributed by atoms with Gasteiger partial charge in [0.1, 0.15) is 17.2 Å². The summed E-state index contributed by atoms with van der Waals surface area (Å²) >= 11 is 5.83. The summed E-state index contributed by atoms with van der Waals surface area (Å²) in [6, 6.07) is 9.64. The highest BCUT2D eigenvalue weighted by Gasteiger charge is 2.12. The summed E-state index contributed by atoms with van der Waals surface area (Å²) in [7, 11) is 3.11. The summed E-state index contributed by atoms with van der Waals surface area (Å²) in [5.74, 6) is 0.732. The first kappa shape index (κ1) is 16.0. The third-order valence-electron chi connectivity index (χ3n) is 3.07. The molecule has 22 heavy (non-hydrogen) atoms. The van der Waals surface area contributed by atoms with Gasteiger partial charge in [0.2, 0.25) is 0 Å². The van der Waals surface area contributed by atoms with E-state index in [9.17, 15) is 9.90 Å². The number of hydrogen-bond acceptors (Lipinski definition) is 4. The van der Waals surface area contributed by atoms with Crippen molar-refractivity contribution in [2.24, 2.45) is 0 Å². The van der Waals surface area contributed by atoms with Gasteiger partial charge in [-0.2, -0.15) is 0 Å². The van der Waals surface area contributed by atoms with Crippen molar-refractivity contribution < 1.29 is 19.4 Å². The van der Waals surface area contributed by atoms with Gasteiger partial charge in [-0.3, -0.25) is 4.79 Å². The zero-order valence-corrected chi connectivity index (χ0v) is 13.0. The topological polar surface area (TPSA) is 67.8 Å². The average Bonchev–Trinajstić information content (AvgIpc) is 2.54. The zero-order chi connectivity index (χ0) is 16.1. The van der Waals surface area contributed by atoms with Crippen molar-refractivity contribution in [1.82, 2.24) is 5.32 Å². The highest BCUT2D eigenvalue weighted by atomic mass is 35.5. The van der Waals surface area contributed by atoms with Crippen LogP contribution in [0.25, 0.3) is 0 Å². The van der Waals surface area contributed by atoms with Crippen LogP contribution in [0.1, 0.15) is 15.9 Å². The summed E-state index contributed by atoms with van der Waals surface area (Å²) in [6.45, 7) is 0.262. The number of methoxy groups -OCH3 is 2. The molecule has 0 aromatic heterocycles. The van der Waals surface area contributed by atoms with Gasteiger partial charge in [0.05, 0.1) is 19.8 Å². The molecule has 5 nitrogen and oxygen atoms in total. The predicted molar refractivity (Wildman–Crippen MR) is 83.8 cm³/mol. The number of rotatable bonds is 5. The summed E-state index contributed by atoms with van der Waals surface area (Å²) in [4.78, 5) is 12.1. The van der Waals surface area contributed by atoms with E-state index in [1.807, 2.05) is 0 Å². The second-order valence-corrected chi connectivity index (χ2v) is 5.00. The number of ether oxygens (including phenoxy) is 2. The maximum Gasteiger partial charge on any atom is 0.255 e. The van der Waals surface area contributed by atoms with E-state index in [0.29, 0.717) is 16.5 Å². The van der Waals surface area contributed by atoms with Gasteiger partial charge in [-0.15, -0.1) is 0 Å². The largest absolute Gasteiger partial charge is 0.507 e. The van der Waals surface area contributed by atoms with Crippen LogP contribution in [0, 0.1) is 0 Å². The lowest BCUT2D eigenvalue weighted by Gasteiger charge is -2.10. The van der Waals surface area contributed by atoms with Gasteiger partial charge in [-0.25, -0.2) is 0 Å². The molecule has 0 heterocycles. The maximum absolute atomic E-state index is 12.1. The van der Waals surface area contributed by atoms with E-state index in [4.69, 9.17) is 21.1 Å². The minimum atomic E-state index is -0.415. The molecule has 0 aliphatic carbocycles. The molecule has 116 valence electrons. The molecule has 0 unspecified atom stereocenters. The van der Waals surface area contributed by atoms with Crippen molar-refractivity contribution in [2.75, 3.05) is 14.2 Å². The summed E-state index contributed by atoms with van der Waals surface area (Å²) in [5.41, 5.74) is 0.938. The normalized spacial score (nSPS) is 10.1. The van der Waals surface area contributed by atoms with Crippen LogP contribution in [-0.2, 0) is 6.54 Å². The van der Waals surface area contributed by atoms with Crippen molar-refractivity contribution in [3.63, 3.8) is 0 Å². The van der Waals surface area contributed by atoms with Gasteiger partial charge < -0.3 is 19.9 Å². The Kier molecular flexibility index (Phi) is 5.12. The molecule has 0 aliphatic heterocycles. The van der Waals surface area contributed by atoms with Crippen LogP contribution in [0.4, 0.5) is 0 Å². The quantitative estimate of drug-likeness (QED) is 0.888. The van der Waals surface area contributed by atoms with E-state index in [1.165, 1.54) is 18.2 Å². The number of nitrogens with one attached hydrogen (secondary N) is 1. The number of carbonyl (C=O) groups excluding carboxylic acids is 1. The lowest BCUT2D eigenvalue weighted by Crippen LogP contribution is -2.22. The maximum atomic E-state index is 12.1. The monoisotopic (exact) mass is 321 g/mol. The van der Waals surface area contributed by atoms with Gasteiger partial charge in [0.15, 0.2) is 0 Å². The molecule has 0 aliphatic rings. The zero-order valence-electron chi connectivity index (χ0n) is 12.2. The Hall–Kier alpha value is -2.40. The summed E-state index contributed by atoms with van der Waals surface area (Å²) in [5, 5.41) is 12.8. The SMILES string of the molecule is COc1cc(CNC(=O)c2cc(Cl)ccc2O)cc(OC)c1. The fourth-order valence-corrected chi connectivity index (χ4v) is 2.11. The Labute approximate surface area is 133 Å². The fraction of sp³-hybridized carbons (Fsp3) is 0.188. The van der Waals surface area contributed by atoms with Crippen LogP contribution in [0.5, 0.6) is 17.2 Å². The van der Waals surface area contributed by atoms with Crippen molar-refractivity contribution in [3.8, 4) is 17.2 Å². The van der Waals surface area contributed by atoms with E-state index in [0.717, 1.165) is 5.56 Å². The lowest BCUT2D eigenvalue weighted by atomic mass is 10.1. The summed E-state index contributed by atoms with van der Waals surface area (Å²) < 4.78 is 10.3. The van der Waals surface area contributed by atoms with Crippen LogP contribution < -0.4 is 14.8 Å². The second kappa shape index (κ2) is 7.04. The van der Waals surface area contributed by atoms with Crippen LogP contribution in [-0.4, -0.2) is 25.2 Å². The highest BCUT2D eigenvalue weighted by molar-refractivity contribution is 6.31. The van der Waals surface area contributed by atoms with E-state index in [-0.39, 0.29) is 17.9 Å². The molecule has 2 rings (SSSR count). The molecule has 0 radical (unpaired) electrons. The number of halogens is 1. The molecule has 0 saturated carbocycles. The van der Waals surface area contributed by atoms with Crippen molar-refractivity contribution in [1.29, 1.82) is 0 Å². The number of amides is 1. The summed E-state index contributed by atoms with van der Waals surface area (Å²) in [6.07, 6.45) is 0. The fourth-order valence-electron chi connectivity index (χ4n) is 1.94. The van der Waals surface area contributed by atoms with Crippen molar-refractivity contribution >= 4 is 17.5 Å². The van der Waals surface area contributed by atoms with E-state index >= 15 is 0 Å². The Morgan fingerprint density at radius 2 is 1.77 bits per heavy atom. The van der Waals surface area contributed by atoms with E-state index < -0.39 is 5.91 Å². The third kappa shape index (κ3) is 3.83. The first-order chi connectivity index (χ1) is 10.5. The molecular formula is C16H16ClNO4. The third-order valence-corrected chi connectivity index (χ3v) is 3.30. The molecule has 2 N–H and O–H groups in total. The van der Waals surface area contributed by atoms with Crippen LogP contribution >= 0.6 is 11.6 Å². The molecule has 0 bridgehead atoms. The average molecular weight is 322 g/mol. The first-order valence-corrected chi connectivity index (χ1v) is 6.90. The van der Waals surface area contributed by atoms with Gasteiger partial charge in [0.25, 0.3) is 5.91 Å². The number of benzene rings is 2. The van der Waals surface area contributed by atoms with Gasteiger partial charge in [0, 0.05) is 17.6 Å². The van der Waals surface area contributed by atoms with E-state index in [2.05, 4.69) is 5.32 Å². The van der Waals surface area contributed by atoms with Gasteiger partial charge >= 0.3 is 0 Å². The number of carbonyl (C=O) groups is 1. The van der Waals surface area contributed by atoms with E-state index in [1.54, 1.807) is 32.4 Å². The number of hydrogen-bond donors (Lipinski definition) is 2. The van der Waals surface area contributed by atoms with Crippen molar-refractivity contribution in [2.45, 2.75) is 6.54 Å². The Bertz CT molecular complexity index is 666. The number of phenolic OH excluding ortho intramolecular Hbond substituents is 1. The lowest BCUT2D eigenvalue weighted by molar-refractivity contribution is 0.0948. The highest BCUT2D eigenvalue weighted by Crippen LogP contribution is 2.23.